The van der Waals surface area contributed by atoms with Gasteiger partial charge in [-0.25, -0.2) is 4.98 Å². The number of fused-ring (bicyclic) bond motifs is 9. The van der Waals surface area contributed by atoms with Crippen molar-refractivity contribution >= 4 is 83.6 Å². The Kier molecular flexibility index (Phi) is 13.4. The van der Waals surface area contributed by atoms with Gasteiger partial charge in [-0.2, -0.15) is 13.2 Å². The van der Waals surface area contributed by atoms with Gasteiger partial charge in [0.05, 0.1) is 28.0 Å². The minimum absolute atomic E-state index is 0. The van der Waals surface area contributed by atoms with Crippen molar-refractivity contribution in [1.29, 1.82) is 0 Å². The van der Waals surface area contributed by atoms with Crippen molar-refractivity contribution in [3.8, 4) is 28.3 Å². The predicted molar refractivity (Wildman–Crippen MR) is 281 cm³/mol. The molecule has 71 heavy (non-hydrogen) atoms. The Morgan fingerprint density at radius 3 is 1.99 bits per heavy atom. The Labute approximate surface area is 427 Å². The van der Waals surface area contributed by atoms with Crippen LogP contribution in [0.5, 0.6) is 0 Å². The van der Waals surface area contributed by atoms with Crippen LogP contribution < -0.4 is 4.40 Å². The van der Waals surface area contributed by atoms with Gasteiger partial charge < -0.3 is 8.98 Å². The largest absolute Gasteiger partial charge is 0.486 e. The van der Waals surface area contributed by atoms with E-state index in [4.69, 9.17) is 23.8 Å². The molecule has 0 unspecified atom stereocenters. The molecule has 11 aromatic rings. The Bertz CT molecular complexity index is 3780. The summed E-state index contributed by atoms with van der Waals surface area (Å²) in [5.74, 6) is 8.91. The fourth-order valence-electron chi connectivity index (χ4n) is 9.77. The molecular weight excluding hydrogens is 1130 g/mol. The number of aryl methyl sites for hydroxylation is 1. The van der Waals surface area contributed by atoms with Crippen LogP contribution in [0.4, 0.5) is 13.2 Å². The van der Waals surface area contributed by atoms with E-state index in [0.29, 0.717) is 33.7 Å². The quantitative estimate of drug-likeness (QED) is 0.111. The smallest absolute Gasteiger partial charge is 0.433 e. The molecule has 0 spiro atoms. The zero-order chi connectivity index (χ0) is 49.4. The van der Waals surface area contributed by atoms with Gasteiger partial charge in [0.25, 0.3) is 0 Å². The number of nitrogens with zero attached hydrogens (tertiary/aromatic N) is 5. The third-order valence-electron chi connectivity index (χ3n) is 13.0. The van der Waals surface area contributed by atoms with Crippen LogP contribution in [0.15, 0.2) is 124 Å². The molecule has 6 heterocycles. The molecule has 6 aromatic heterocycles. The van der Waals surface area contributed by atoms with Gasteiger partial charge in [0, 0.05) is 42.3 Å². The van der Waals surface area contributed by atoms with Crippen molar-refractivity contribution in [2.24, 2.45) is 5.92 Å². The van der Waals surface area contributed by atoms with Crippen molar-refractivity contribution < 1.29 is 42.1 Å². The summed E-state index contributed by atoms with van der Waals surface area (Å²) in [5, 5.41) is 4.36. The first-order valence-electron chi connectivity index (χ1n) is 23.9. The Balaban J connectivity index is 0.000000192. The average molecular weight is 1190 g/mol. The number of pyridine rings is 3. The third kappa shape index (κ3) is 9.21. The van der Waals surface area contributed by atoms with Crippen LogP contribution in [-0.4, -0.2) is 37.8 Å². The molecule has 12 heteroatoms. The van der Waals surface area contributed by atoms with Crippen molar-refractivity contribution in [3.05, 3.63) is 156 Å². The summed E-state index contributed by atoms with van der Waals surface area (Å²) in [4.78, 5) is 18.6. The van der Waals surface area contributed by atoms with E-state index in [1.54, 1.807) is 12.1 Å². The maximum atomic E-state index is 13.5. The monoisotopic (exact) mass is 1190 g/mol. The van der Waals surface area contributed by atoms with Crippen LogP contribution in [0.25, 0.3) is 94.3 Å². The molecule has 0 aliphatic carbocycles. The SMILES string of the molecule is CC(C)Cc1cc(-c2[c-]ccc3c2oc2ccccc23)nc[c]1[Ge]([CH3])([CH3])[CH3].Cc1ccc2c(ccc3nc(-c4[c-]ccc5c4oc4nc(C(F)(F)F)ccc45)n(-c4c(C(C)C)cccc4C(C)C)c32)n1.[Ir]. The van der Waals surface area contributed by atoms with Crippen molar-refractivity contribution in [2.45, 2.75) is 90.2 Å². The number of para-hydroxylation sites is 2. The maximum Gasteiger partial charge on any atom is 0.433 e. The molecule has 0 saturated heterocycles. The summed E-state index contributed by atoms with van der Waals surface area (Å²) < 4.78 is 56.5. The number of rotatable bonds is 8. The Morgan fingerprint density at radius 2 is 1.31 bits per heavy atom. The first-order valence-corrected chi connectivity index (χ1v) is 31.3. The summed E-state index contributed by atoms with van der Waals surface area (Å²) in [6.07, 6.45) is -1.37. The molecule has 363 valence electrons. The van der Waals surface area contributed by atoms with Gasteiger partial charge in [0.1, 0.15) is 5.69 Å². The van der Waals surface area contributed by atoms with E-state index in [0.717, 1.165) is 90.1 Å². The summed E-state index contributed by atoms with van der Waals surface area (Å²) in [6, 6.07) is 41.6. The fraction of sp³-hybridized carbons (Fsp3) is 0.254. The van der Waals surface area contributed by atoms with E-state index >= 15 is 0 Å². The number of aromatic nitrogens is 5. The Morgan fingerprint density at radius 1 is 0.662 bits per heavy atom. The first-order chi connectivity index (χ1) is 33.4. The number of benzene rings is 5. The molecule has 0 atom stereocenters. The normalized spacial score (nSPS) is 12.3. The third-order valence-corrected chi connectivity index (χ3v) is 17.4. The fourth-order valence-corrected chi connectivity index (χ4v) is 13.1. The summed E-state index contributed by atoms with van der Waals surface area (Å²) in [7, 11) is 0. The van der Waals surface area contributed by atoms with Crippen molar-refractivity contribution in [1.82, 2.24) is 24.5 Å². The van der Waals surface area contributed by atoms with Crippen molar-refractivity contribution in [2.75, 3.05) is 0 Å². The van der Waals surface area contributed by atoms with Crippen LogP contribution >= 0.6 is 0 Å². The van der Waals surface area contributed by atoms with Crippen LogP contribution in [-0.2, 0) is 32.7 Å². The van der Waals surface area contributed by atoms with Crippen LogP contribution in [0, 0.1) is 25.0 Å². The number of imidazole rings is 1. The molecule has 0 aliphatic heterocycles. The molecule has 0 aliphatic rings. The maximum absolute atomic E-state index is 13.5. The van der Waals surface area contributed by atoms with Gasteiger partial charge in [-0.1, -0.05) is 56.8 Å². The minimum Gasteiger partial charge on any atom is -0.486 e. The first kappa shape index (κ1) is 49.8. The molecule has 7 nitrogen and oxygen atoms in total. The van der Waals surface area contributed by atoms with Gasteiger partial charge in [0.15, 0.2) is 0 Å². The molecule has 0 fully saturated rings. The summed E-state index contributed by atoms with van der Waals surface area (Å²) in [5.41, 5.74) is 11.8. The van der Waals surface area contributed by atoms with Crippen molar-refractivity contribution in [3.63, 3.8) is 0 Å². The van der Waals surface area contributed by atoms with E-state index in [1.165, 1.54) is 16.0 Å². The molecule has 11 rings (SSSR count). The van der Waals surface area contributed by atoms with E-state index in [9.17, 15) is 13.2 Å². The standard InChI is InChI=1S/C35H28F3N4O.C24H26GeNO.Ir/c1-18(2)21-8-6-9-22(19(3)4)30(21)42-31-25-13-12-20(5)39-27(25)15-16-28(31)40-33(42)26-11-7-10-23-24-14-17-29(35(36,37)38)41-34(24)43-32(23)26;1-16(2)13-17-14-22(26-15-21(17)25(3,4)5)20-11-8-10-19-18-9-6-7-12-23(18)27-24(19)20;/h6-10,12-19H,1-5H3;6-10,12,14-16H,13H2,1-5H3;/q2*-1;. The number of hydrogen-bond donors (Lipinski definition) is 0. The Hall–Kier alpha value is -6.14. The number of halogens is 3. The molecule has 0 amide bonds. The zero-order valence-corrected chi connectivity index (χ0v) is 45.9. The van der Waals surface area contributed by atoms with E-state index in [1.807, 2.05) is 43.3 Å². The summed E-state index contributed by atoms with van der Waals surface area (Å²) >= 11 is -1.98. The van der Waals surface area contributed by atoms with Gasteiger partial charge in [-0.3, -0.25) is 9.97 Å². The second-order valence-corrected chi connectivity index (χ2v) is 30.9. The molecule has 5 aromatic carbocycles. The zero-order valence-electron chi connectivity index (χ0n) is 41.4. The van der Waals surface area contributed by atoms with Gasteiger partial charge in [-0.15, -0.1) is 18.2 Å². The molecular formula is C59H54F3GeIrN5O2-2. The average Bonchev–Trinajstić information content (AvgIpc) is 4.02. The van der Waals surface area contributed by atoms with E-state index in [-0.39, 0.29) is 37.7 Å². The second-order valence-electron chi connectivity index (χ2n) is 20.3. The number of furan rings is 2. The van der Waals surface area contributed by atoms with E-state index in [2.05, 4.69) is 135 Å². The van der Waals surface area contributed by atoms with Gasteiger partial charge >= 0.3 is 170 Å². The minimum atomic E-state index is -4.59. The van der Waals surface area contributed by atoms with Crippen LogP contribution in [0.1, 0.15) is 81.5 Å². The van der Waals surface area contributed by atoms with Crippen LogP contribution in [0.3, 0.4) is 0 Å². The number of alkyl halides is 3. The topological polar surface area (TPSA) is 82.8 Å². The van der Waals surface area contributed by atoms with E-state index < -0.39 is 25.1 Å². The molecule has 1 radical (unpaired) electrons. The predicted octanol–water partition coefficient (Wildman–Crippen LogP) is 16.1. The summed E-state index contributed by atoms with van der Waals surface area (Å²) in [6.45, 7) is 15.2. The van der Waals surface area contributed by atoms with Gasteiger partial charge in [-0.05, 0) is 66.3 Å². The van der Waals surface area contributed by atoms with Gasteiger partial charge in [0.2, 0.25) is 5.71 Å². The van der Waals surface area contributed by atoms with Crippen LogP contribution in [0.2, 0.25) is 17.3 Å². The molecule has 0 N–H and O–H groups in total. The second kappa shape index (κ2) is 19.1. The number of hydrogen-bond acceptors (Lipinski definition) is 6. The molecule has 0 saturated carbocycles. The molecule has 0 bridgehead atoms.